The molecular weight excluding hydrogens is 461 g/mol. The number of ether oxygens (including phenoxy) is 1. The molecule has 1 aliphatic rings. The molecule has 5 rings (SSSR count). The molecule has 0 fully saturated rings. The Balaban J connectivity index is 1.50. The quantitative estimate of drug-likeness (QED) is 0.388. The van der Waals surface area contributed by atoms with Gasteiger partial charge in [-0.2, -0.15) is 4.39 Å². The molecule has 0 spiro atoms. The van der Waals surface area contributed by atoms with Gasteiger partial charge in [-0.1, -0.05) is 36.4 Å². The molecule has 2 aromatic carbocycles. The van der Waals surface area contributed by atoms with E-state index in [1.165, 1.54) is 24.3 Å². The third-order valence-electron chi connectivity index (χ3n) is 5.52. The summed E-state index contributed by atoms with van der Waals surface area (Å²) in [5.41, 5.74) is 4.05. The number of halogens is 1. The fraction of sp³-hybridized carbons (Fsp3) is 0.167. The summed E-state index contributed by atoms with van der Waals surface area (Å²) in [6, 6.07) is 16.9. The number of fused-ring (bicyclic) bond motifs is 1. The smallest absolute Gasteiger partial charge is 0.263 e. The van der Waals surface area contributed by atoms with Crippen molar-refractivity contribution in [3.63, 3.8) is 0 Å². The standard InChI is InChI=1S/C24H20FN3O3S2/c1-15-26-21(14-32-15)19-6-3-2-5-17(19)18-11-12-31-22-13-16(9-10-20(18)22)33(29,30)28-24-8-4-7-23(25)27-24/h2-10,13-14,18H,11-12H2,1H3,(H,27,28)/t18-/m0/s1. The van der Waals surface area contributed by atoms with Gasteiger partial charge in [-0.25, -0.2) is 18.4 Å². The van der Waals surface area contributed by atoms with E-state index in [-0.39, 0.29) is 16.6 Å². The van der Waals surface area contributed by atoms with Gasteiger partial charge in [0.2, 0.25) is 5.95 Å². The number of anilines is 1. The molecule has 0 unspecified atom stereocenters. The third-order valence-corrected chi connectivity index (χ3v) is 7.65. The summed E-state index contributed by atoms with van der Waals surface area (Å²) < 4.78 is 47.2. The van der Waals surface area contributed by atoms with Crippen LogP contribution in [0.25, 0.3) is 11.3 Å². The molecule has 2 aromatic heterocycles. The number of hydrogen-bond acceptors (Lipinski definition) is 6. The molecule has 0 radical (unpaired) electrons. The van der Waals surface area contributed by atoms with Crippen LogP contribution < -0.4 is 9.46 Å². The van der Waals surface area contributed by atoms with Crippen molar-refractivity contribution in [3.05, 3.63) is 88.1 Å². The van der Waals surface area contributed by atoms with Crippen molar-refractivity contribution in [2.24, 2.45) is 0 Å². The van der Waals surface area contributed by atoms with Crippen molar-refractivity contribution in [3.8, 4) is 17.0 Å². The average Bonchev–Trinajstić information content (AvgIpc) is 3.24. The molecule has 0 saturated heterocycles. The lowest BCUT2D eigenvalue weighted by atomic mass is 9.83. The van der Waals surface area contributed by atoms with E-state index in [1.807, 2.05) is 19.1 Å². The molecule has 0 saturated carbocycles. The minimum absolute atomic E-state index is 0.0244. The number of benzene rings is 2. The molecule has 0 aliphatic carbocycles. The molecule has 9 heteroatoms. The number of pyridine rings is 1. The molecule has 1 N–H and O–H groups in total. The van der Waals surface area contributed by atoms with Crippen LogP contribution in [0.15, 0.2) is 70.9 Å². The van der Waals surface area contributed by atoms with Gasteiger partial charge in [0.15, 0.2) is 0 Å². The van der Waals surface area contributed by atoms with Crippen molar-refractivity contribution in [2.45, 2.75) is 24.2 Å². The zero-order valence-corrected chi connectivity index (χ0v) is 19.3. The van der Waals surface area contributed by atoms with Crippen LogP contribution in [0, 0.1) is 12.9 Å². The average molecular weight is 482 g/mol. The Morgan fingerprint density at radius 1 is 1.06 bits per heavy atom. The number of aromatic nitrogens is 2. The zero-order valence-electron chi connectivity index (χ0n) is 17.7. The van der Waals surface area contributed by atoms with E-state index >= 15 is 0 Å². The van der Waals surface area contributed by atoms with E-state index in [2.05, 4.69) is 32.2 Å². The molecule has 168 valence electrons. The topological polar surface area (TPSA) is 81.2 Å². The highest BCUT2D eigenvalue weighted by molar-refractivity contribution is 7.92. The Morgan fingerprint density at radius 3 is 2.70 bits per heavy atom. The number of thiazole rings is 1. The Morgan fingerprint density at radius 2 is 1.91 bits per heavy atom. The van der Waals surface area contributed by atoms with Gasteiger partial charge in [0.1, 0.15) is 11.6 Å². The highest BCUT2D eigenvalue weighted by atomic mass is 32.2. The van der Waals surface area contributed by atoms with Gasteiger partial charge in [-0.3, -0.25) is 4.72 Å². The monoisotopic (exact) mass is 481 g/mol. The van der Waals surface area contributed by atoms with Gasteiger partial charge in [0.05, 0.1) is 22.2 Å². The fourth-order valence-electron chi connectivity index (χ4n) is 4.04. The Bertz CT molecular complexity index is 1440. The number of nitrogens with zero attached hydrogens (tertiary/aromatic N) is 2. The molecule has 3 heterocycles. The number of rotatable bonds is 5. The van der Waals surface area contributed by atoms with Gasteiger partial charge in [0, 0.05) is 28.5 Å². The minimum Gasteiger partial charge on any atom is -0.493 e. The van der Waals surface area contributed by atoms with Crippen molar-refractivity contribution in [1.82, 2.24) is 9.97 Å². The number of hydrogen-bond donors (Lipinski definition) is 1. The first kappa shape index (κ1) is 21.5. The normalized spacial score (nSPS) is 15.5. The van der Waals surface area contributed by atoms with Crippen molar-refractivity contribution < 1.29 is 17.5 Å². The highest BCUT2D eigenvalue weighted by Crippen LogP contribution is 2.42. The van der Waals surface area contributed by atoms with Gasteiger partial charge in [-0.15, -0.1) is 11.3 Å². The molecule has 0 bridgehead atoms. The second-order valence-electron chi connectivity index (χ2n) is 7.68. The van der Waals surface area contributed by atoms with E-state index in [4.69, 9.17) is 4.74 Å². The molecule has 4 aromatic rings. The molecular formula is C24H20FN3O3S2. The number of nitrogens with one attached hydrogen (secondary N) is 1. The second-order valence-corrected chi connectivity index (χ2v) is 10.4. The van der Waals surface area contributed by atoms with Gasteiger partial charge >= 0.3 is 0 Å². The van der Waals surface area contributed by atoms with Crippen LogP contribution in [0.4, 0.5) is 10.2 Å². The van der Waals surface area contributed by atoms with E-state index in [9.17, 15) is 12.8 Å². The SMILES string of the molecule is Cc1nc(-c2ccccc2[C@@H]2CCOc3cc(S(=O)(=O)Nc4cccc(F)n4)ccc32)cs1. The second kappa shape index (κ2) is 8.57. The Kier molecular flexibility index (Phi) is 5.59. The highest BCUT2D eigenvalue weighted by Gasteiger charge is 2.28. The van der Waals surface area contributed by atoms with Crippen LogP contribution in [0.2, 0.25) is 0 Å². The summed E-state index contributed by atoms with van der Waals surface area (Å²) in [6.07, 6.45) is 0.769. The van der Waals surface area contributed by atoms with Gasteiger partial charge < -0.3 is 4.74 Å². The van der Waals surface area contributed by atoms with Crippen LogP contribution in [0.3, 0.4) is 0 Å². The minimum atomic E-state index is -3.96. The van der Waals surface area contributed by atoms with E-state index in [0.717, 1.165) is 39.9 Å². The number of sulfonamides is 1. The summed E-state index contributed by atoms with van der Waals surface area (Å²) >= 11 is 1.61. The molecule has 0 amide bonds. The predicted octanol–water partition coefficient (Wildman–Crippen LogP) is 5.37. The van der Waals surface area contributed by atoms with E-state index in [1.54, 1.807) is 17.4 Å². The largest absolute Gasteiger partial charge is 0.493 e. The molecule has 1 atom stereocenters. The lowest BCUT2D eigenvalue weighted by Gasteiger charge is -2.28. The Labute approximate surface area is 195 Å². The first-order valence-electron chi connectivity index (χ1n) is 10.3. The van der Waals surface area contributed by atoms with Crippen molar-refractivity contribution >= 4 is 27.2 Å². The summed E-state index contributed by atoms with van der Waals surface area (Å²) in [7, 11) is -3.96. The first-order valence-corrected chi connectivity index (χ1v) is 12.7. The maximum atomic E-state index is 13.4. The van der Waals surface area contributed by atoms with Crippen LogP contribution in [0.1, 0.15) is 28.5 Å². The third kappa shape index (κ3) is 4.34. The maximum Gasteiger partial charge on any atom is 0.263 e. The van der Waals surface area contributed by atoms with Gasteiger partial charge in [0.25, 0.3) is 10.0 Å². The van der Waals surface area contributed by atoms with E-state index in [0.29, 0.717) is 12.4 Å². The van der Waals surface area contributed by atoms with Gasteiger partial charge in [-0.05, 0) is 37.1 Å². The van der Waals surface area contributed by atoms with Crippen molar-refractivity contribution in [2.75, 3.05) is 11.3 Å². The zero-order chi connectivity index (χ0) is 23.0. The molecule has 6 nitrogen and oxygen atoms in total. The van der Waals surface area contributed by atoms with Crippen molar-refractivity contribution in [1.29, 1.82) is 0 Å². The van der Waals surface area contributed by atoms with E-state index < -0.39 is 16.0 Å². The summed E-state index contributed by atoms with van der Waals surface area (Å²) in [5, 5.41) is 3.05. The van der Waals surface area contributed by atoms with Crippen LogP contribution >= 0.6 is 11.3 Å². The Hall–Kier alpha value is -3.30. The summed E-state index contributed by atoms with van der Waals surface area (Å²) in [4.78, 5) is 8.25. The van der Waals surface area contributed by atoms with Crippen LogP contribution in [-0.4, -0.2) is 25.0 Å². The lowest BCUT2D eigenvalue weighted by Crippen LogP contribution is -2.18. The molecule has 1 aliphatic heterocycles. The number of aryl methyl sites for hydroxylation is 1. The van der Waals surface area contributed by atoms with Crippen LogP contribution in [-0.2, 0) is 10.0 Å². The summed E-state index contributed by atoms with van der Waals surface area (Å²) in [5.74, 6) is -0.285. The summed E-state index contributed by atoms with van der Waals surface area (Å²) in [6.45, 7) is 2.44. The fourth-order valence-corrected chi connectivity index (χ4v) is 5.67. The first-order chi connectivity index (χ1) is 15.9. The predicted molar refractivity (Wildman–Crippen MR) is 126 cm³/mol. The van der Waals surface area contributed by atoms with Crippen LogP contribution in [0.5, 0.6) is 5.75 Å². The lowest BCUT2D eigenvalue weighted by molar-refractivity contribution is 0.276. The molecule has 33 heavy (non-hydrogen) atoms. The maximum absolute atomic E-state index is 13.4.